The molecule has 8 heteroatoms. The molecule has 2 amide bonds. The predicted octanol–water partition coefficient (Wildman–Crippen LogP) is 4.16. The van der Waals surface area contributed by atoms with Gasteiger partial charge in [0.1, 0.15) is 11.5 Å². The summed E-state index contributed by atoms with van der Waals surface area (Å²) in [6.07, 6.45) is 3.38. The van der Waals surface area contributed by atoms with Crippen molar-refractivity contribution in [1.82, 2.24) is 10.1 Å². The minimum absolute atomic E-state index is 0.340. The Hall–Kier alpha value is -3.55. The van der Waals surface area contributed by atoms with E-state index in [4.69, 9.17) is 9.26 Å². The largest absolute Gasteiger partial charge is 0.494 e. The molecule has 26 heavy (non-hydrogen) atoms. The number of amides is 2. The lowest BCUT2D eigenvalue weighted by Gasteiger charge is -2.15. The molecule has 0 bridgehead atoms. The van der Waals surface area contributed by atoms with Crippen molar-refractivity contribution in [3.63, 3.8) is 0 Å². The molecule has 0 atom stereocenters. The smallest absolute Gasteiger partial charge is 0.325 e. The summed E-state index contributed by atoms with van der Waals surface area (Å²) >= 11 is 0. The van der Waals surface area contributed by atoms with E-state index in [1.165, 1.54) is 0 Å². The van der Waals surface area contributed by atoms with Gasteiger partial charge < -0.3 is 19.9 Å². The molecule has 1 aromatic carbocycles. The number of urea groups is 1. The Morgan fingerprint density at radius 1 is 1.19 bits per heavy atom. The lowest BCUT2D eigenvalue weighted by Crippen LogP contribution is -2.20. The lowest BCUT2D eigenvalue weighted by molar-refractivity contribution is 0.262. The molecule has 0 unspecified atom stereocenters. The number of rotatable bonds is 6. The van der Waals surface area contributed by atoms with Gasteiger partial charge in [-0.2, -0.15) is 0 Å². The summed E-state index contributed by atoms with van der Waals surface area (Å²) in [5.74, 6) is 1.64. The van der Waals surface area contributed by atoms with Gasteiger partial charge in [-0.1, -0.05) is 5.16 Å². The van der Waals surface area contributed by atoms with E-state index >= 15 is 0 Å². The van der Waals surface area contributed by atoms with E-state index in [0.717, 1.165) is 5.69 Å². The van der Waals surface area contributed by atoms with Crippen molar-refractivity contribution in [3.8, 4) is 5.75 Å². The fraction of sp³-hybridized carbons (Fsp3) is 0.167. The van der Waals surface area contributed by atoms with Crippen molar-refractivity contribution in [2.45, 2.75) is 13.8 Å². The summed E-state index contributed by atoms with van der Waals surface area (Å²) in [6.45, 7) is 4.21. The fourth-order valence-corrected chi connectivity index (χ4v) is 2.28. The molecule has 0 radical (unpaired) electrons. The normalized spacial score (nSPS) is 10.2. The molecule has 3 N–H and O–H groups in total. The first-order valence-corrected chi connectivity index (χ1v) is 8.09. The number of ether oxygens (including phenoxy) is 1. The minimum Gasteiger partial charge on any atom is -0.494 e. The van der Waals surface area contributed by atoms with Crippen LogP contribution in [0.4, 0.5) is 27.7 Å². The van der Waals surface area contributed by atoms with Crippen LogP contribution in [0.3, 0.4) is 0 Å². The van der Waals surface area contributed by atoms with Crippen LogP contribution in [0, 0.1) is 6.92 Å². The first-order valence-electron chi connectivity index (χ1n) is 8.09. The number of nitrogens with one attached hydrogen (secondary N) is 3. The maximum Gasteiger partial charge on any atom is 0.325 e. The Bertz CT molecular complexity index is 880. The van der Waals surface area contributed by atoms with Gasteiger partial charge in [-0.3, -0.25) is 10.3 Å². The second-order valence-corrected chi connectivity index (χ2v) is 5.41. The van der Waals surface area contributed by atoms with Crippen LogP contribution in [-0.4, -0.2) is 22.8 Å². The monoisotopic (exact) mass is 353 g/mol. The van der Waals surface area contributed by atoms with Gasteiger partial charge in [0, 0.05) is 18.3 Å². The third-order valence-electron chi connectivity index (χ3n) is 3.36. The standard InChI is InChI=1S/C18H19N5O3/c1-3-25-14-6-7-15(16(10-14)20-13-5-4-8-19-11-13)21-18(24)22-17-9-12(2)26-23-17/h4-11,20H,3H2,1-2H3,(H2,21,22,23,24). The number of aromatic nitrogens is 2. The predicted molar refractivity (Wildman–Crippen MR) is 99.0 cm³/mol. The average Bonchev–Trinajstić information content (AvgIpc) is 3.03. The first-order chi connectivity index (χ1) is 12.6. The average molecular weight is 353 g/mol. The maximum atomic E-state index is 12.2. The molecule has 0 saturated heterocycles. The van der Waals surface area contributed by atoms with E-state index in [2.05, 4.69) is 26.1 Å². The van der Waals surface area contributed by atoms with Crippen LogP contribution in [0.1, 0.15) is 12.7 Å². The van der Waals surface area contributed by atoms with Gasteiger partial charge in [0.05, 0.1) is 29.9 Å². The molecule has 0 fully saturated rings. The zero-order valence-corrected chi connectivity index (χ0v) is 14.4. The van der Waals surface area contributed by atoms with Crippen LogP contribution in [0.15, 0.2) is 53.3 Å². The number of aryl methyl sites for hydroxylation is 1. The van der Waals surface area contributed by atoms with Crippen molar-refractivity contribution in [1.29, 1.82) is 0 Å². The third kappa shape index (κ3) is 4.50. The number of hydrogen-bond acceptors (Lipinski definition) is 6. The maximum absolute atomic E-state index is 12.2. The topological polar surface area (TPSA) is 101 Å². The third-order valence-corrected chi connectivity index (χ3v) is 3.36. The van der Waals surface area contributed by atoms with Gasteiger partial charge in [0.2, 0.25) is 0 Å². The van der Waals surface area contributed by atoms with E-state index in [-0.39, 0.29) is 0 Å². The molecular weight excluding hydrogens is 334 g/mol. The molecule has 3 rings (SSSR count). The molecule has 0 aliphatic rings. The van der Waals surface area contributed by atoms with Crippen molar-refractivity contribution in [2.75, 3.05) is 22.6 Å². The number of carbonyl (C=O) groups excluding carboxylic acids is 1. The lowest BCUT2D eigenvalue weighted by atomic mass is 10.2. The molecule has 2 heterocycles. The van der Waals surface area contributed by atoms with Crippen molar-refractivity contribution < 1.29 is 14.1 Å². The van der Waals surface area contributed by atoms with Gasteiger partial charge in [-0.15, -0.1) is 0 Å². The molecule has 0 aliphatic carbocycles. The van der Waals surface area contributed by atoms with Gasteiger partial charge >= 0.3 is 6.03 Å². The summed E-state index contributed by atoms with van der Waals surface area (Å²) in [6, 6.07) is 10.3. The van der Waals surface area contributed by atoms with E-state index in [1.807, 2.05) is 25.1 Å². The number of anilines is 4. The van der Waals surface area contributed by atoms with Crippen molar-refractivity contribution in [3.05, 3.63) is 54.6 Å². The molecule has 2 aromatic heterocycles. The first kappa shape index (κ1) is 17.3. The van der Waals surface area contributed by atoms with Crippen LogP contribution in [0.2, 0.25) is 0 Å². The quantitative estimate of drug-likeness (QED) is 0.615. The SMILES string of the molecule is CCOc1ccc(NC(=O)Nc2cc(C)on2)c(Nc2cccnc2)c1. The zero-order valence-electron chi connectivity index (χ0n) is 14.4. The summed E-state index contributed by atoms with van der Waals surface area (Å²) in [5, 5.41) is 12.4. The number of nitrogens with zero attached hydrogens (tertiary/aromatic N) is 2. The highest BCUT2D eigenvalue weighted by atomic mass is 16.5. The molecule has 8 nitrogen and oxygen atoms in total. The van der Waals surface area contributed by atoms with Crippen LogP contribution < -0.4 is 20.7 Å². The molecule has 0 aliphatic heterocycles. The Morgan fingerprint density at radius 3 is 2.77 bits per heavy atom. The molecule has 0 saturated carbocycles. The van der Waals surface area contributed by atoms with Crippen LogP contribution >= 0.6 is 0 Å². The molecule has 0 spiro atoms. The Labute approximate surface area is 150 Å². The van der Waals surface area contributed by atoms with Crippen LogP contribution in [0.5, 0.6) is 5.75 Å². The highest BCUT2D eigenvalue weighted by Gasteiger charge is 2.11. The van der Waals surface area contributed by atoms with Gasteiger partial charge in [0.15, 0.2) is 5.82 Å². The summed E-state index contributed by atoms with van der Waals surface area (Å²) < 4.78 is 10.5. The number of pyridine rings is 1. The van der Waals surface area contributed by atoms with Crippen LogP contribution in [0.25, 0.3) is 0 Å². The van der Waals surface area contributed by atoms with Gasteiger partial charge in [-0.25, -0.2) is 4.79 Å². The summed E-state index contributed by atoms with van der Waals surface area (Å²) in [7, 11) is 0. The van der Waals surface area contributed by atoms with E-state index in [9.17, 15) is 4.79 Å². The molecule has 3 aromatic rings. The molecule has 134 valence electrons. The highest BCUT2D eigenvalue weighted by molar-refractivity contribution is 6.01. The number of carbonyl (C=O) groups is 1. The van der Waals surface area contributed by atoms with Gasteiger partial charge in [-0.05, 0) is 38.1 Å². The minimum atomic E-state index is -0.434. The Morgan fingerprint density at radius 2 is 2.08 bits per heavy atom. The van der Waals surface area contributed by atoms with Crippen LogP contribution in [-0.2, 0) is 0 Å². The van der Waals surface area contributed by atoms with E-state index in [0.29, 0.717) is 35.3 Å². The summed E-state index contributed by atoms with van der Waals surface area (Å²) in [5.41, 5.74) is 2.04. The van der Waals surface area contributed by atoms with Crippen molar-refractivity contribution >= 4 is 28.9 Å². The second kappa shape index (κ2) is 8.02. The molecular formula is C18H19N5O3. The van der Waals surface area contributed by atoms with E-state index in [1.54, 1.807) is 37.5 Å². The second-order valence-electron chi connectivity index (χ2n) is 5.41. The number of hydrogen-bond donors (Lipinski definition) is 3. The Balaban J connectivity index is 1.79. The zero-order chi connectivity index (χ0) is 18.4. The Kier molecular flexibility index (Phi) is 5.33. The van der Waals surface area contributed by atoms with Gasteiger partial charge in [0.25, 0.3) is 0 Å². The number of benzene rings is 1. The fourth-order valence-electron chi connectivity index (χ4n) is 2.28. The summed E-state index contributed by atoms with van der Waals surface area (Å²) in [4.78, 5) is 16.3. The highest BCUT2D eigenvalue weighted by Crippen LogP contribution is 2.30. The van der Waals surface area contributed by atoms with Crippen molar-refractivity contribution in [2.24, 2.45) is 0 Å². The van der Waals surface area contributed by atoms with E-state index < -0.39 is 6.03 Å².